The number of rotatable bonds is 4. The van der Waals surface area contributed by atoms with Gasteiger partial charge in [0.1, 0.15) is 11.5 Å². The maximum absolute atomic E-state index is 6.31. The largest absolute Gasteiger partial charge is 0.456 e. The molecule has 59 heavy (non-hydrogen) atoms. The molecule has 8 aromatic carbocycles. The fourth-order valence-electron chi connectivity index (χ4n) is 9.78. The Kier molecular flexibility index (Phi) is 6.78. The van der Waals surface area contributed by atoms with Gasteiger partial charge in [-0.25, -0.2) is 9.97 Å². The highest BCUT2D eigenvalue weighted by Gasteiger charge is 2.28. The zero-order chi connectivity index (χ0) is 38.6. The van der Waals surface area contributed by atoms with Crippen molar-refractivity contribution in [3.63, 3.8) is 0 Å². The molecule has 5 heteroatoms. The number of benzene rings is 8. The second-order valence-corrected chi connectivity index (χ2v) is 15.7. The highest BCUT2D eigenvalue weighted by atomic mass is 16.5. The van der Waals surface area contributed by atoms with Gasteiger partial charge in [-0.1, -0.05) is 127 Å². The fraction of sp³-hybridized carbons (Fsp3) is 0.0370. The molecule has 1 atom stereocenters. The number of fused-ring (bicyclic) bond motifs is 10. The first-order valence-corrected chi connectivity index (χ1v) is 20.3. The van der Waals surface area contributed by atoms with E-state index in [-0.39, 0.29) is 5.92 Å². The van der Waals surface area contributed by atoms with Gasteiger partial charge >= 0.3 is 0 Å². The van der Waals surface area contributed by atoms with Crippen LogP contribution in [0.5, 0.6) is 11.5 Å². The molecular formula is C54H34N4O. The van der Waals surface area contributed by atoms with E-state index in [0.29, 0.717) is 5.95 Å². The van der Waals surface area contributed by atoms with Crippen LogP contribution in [0.2, 0.25) is 0 Å². The predicted octanol–water partition coefficient (Wildman–Crippen LogP) is 13.6. The molecule has 0 amide bonds. The molecule has 0 saturated heterocycles. The van der Waals surface area contributed by atoms with Gasteiger partial charge in [-0.05, 0) is 94.7 Å². The van der Waals surface area contributed by atoms with Crippen LogP contribution in [0.4, 0.5) is 0 Å². The molecule has 0 saturated carbocycles. The molecule has 276 valence electrons. The summed E-state index contributed by atoms with van der Waals surface area (Å²) in [6.07, 6.45) is 5.54. The van der Waals surface area contributed by atoms with Crippen molar-refractivity contribution in [2.75, 3.05) is 0 Å². The Bertz CT molecular complexity index is 3560. The van der Waals surface area contributed by atoms with Crippen LogP contribution in [0.1, 0.15) is 22.7 Å². The van der Waals surface area contributed by atoms with Gasteiger partial charge in [-0.2, -0.15) is 0 Å². The zero-order valence-corrected chi connectivity index (χ0v) is 31.9. The minimum atomic E-state index is 0.195. The fourth-order valence-corrected chi connectivity index (χ4v) is 9.78. The standard InChI is InChI=1S/C54H34N4O/c1-2-11-33(12-3-1)34-21-26-38(27-22-34)57-47-29-24-37(32-44(47)41-28-23-35-13-4-5-14-39(35)53(41)57)36-25-30-48-43(31-36)40-15-6-8-18-46(40)58(48)54-55-45-17-10-20-50-51(45)52(56-54)42-16-7-9-19-49(42)59-50/h1-30,32,36H,31H2. The summed E-state index contributed by atoms with van der Waals surface area (Å²) >= 11 is 0. The topological polar surface area (TPSA) is 44.9 Å². The van der Waals surface area contributed by atoms with E-state index < -0.39 is 0 Å². The van der Waals surface area contributed by atoms with Crippen LogP contribution in [0, 0.1) is 0 Å². The highest BCUT2D eigenvalue weighted by molar-refractivity contribution is 6.18. The normalized spacial score (nSPS) is 14.3. The molecular weight excluding hydrogens is 721 g/mol. The molecule has 1 unspecified atom stereocenters. The highest BCUT2D eigenvalue weighted by Crippen LogP contribution is 2.46. The average Bonchev–Trinajstić information content (AvgIpc) is 3.82. The van der Waals surface area contributed by atoms with Crippen molar-refractivity contribution in [1.82, 2.24) is 19.1 Å². The van der Waals surface area contributed by atoms with Crippen LogP contribution in [0.15, 0.2) is 182 Å². The minimum Gasteiger partial charge on any atom is -0.456 e. The van der Waals surface area contributed by atoms with Crippen molar-refractivity contribution in [2.45, 2.75) is 12.3 Å². The molecule has 0 spiro atoms. The third kappa shape index (κ3) is 4.79. The quantitative estimate of drug-likeness (QED) is 0.180. The number of ether oxygens (including phenoxy) is 1. The van der Waals surface area contributed by atoms with Crippen molar-refractivity contribution in [3.05, 3.63) is 199 Å². The molecule has 3 aromatic heterocycles. The molecule has 0 N–H and O–H groups in total. The third-order valence-corrected chi connectivity index (χ3v) is 12.5. The van der Waals surface area contributed by atoms with E-state index in [4.69, 9.17) is 14.7 Å². The summed E-state index contributed by atoms with van der Waals surface area (Å²) < 4.78 is 11.0. The Balaban J connectivity index is 0.951. The second-order valence-electron chi connectivity index (χ2n) is 15.7. The molecule has 1 aliphatic heterocycles. The van der Waals surface area contributed by atoms with Gasteiger partial charge in [0, 0.05) is 38.7 Å². The Morgan fingerprint density at radius 3 is 2.22 bits per heavy atom. The number of para-hydroxylation sites is 2. The van der Waals surface area contributed by atoms with Gasteiger partial charge < -0.3 is 9.30 Å². The van der Waals surface area contributed by atoms with E-state index in [1.807, 2.05) is 30.3 Å². The smallest absolute Gasteiger partial charge is 0.235 e. The summed E-state index contributed by atoms with van der Waals surface area (Å²) in [7, 11) is 0. The van der Waals surface area contributed by atoms with Crippen molar-refractivity contribution >= 4 is 60.5 Å². The summed E-state index contributed by atoms with van der Waals surface area (Å²) in [4.78, 5) is 10.5. The minimum absolute atomic E-state index is 0.195. The van der Waals surface area contributed by atoms with Crippen molar-refractivity contribution in [3.8, 4) is 45.5 Å². The average molecular weight is 755 g/mol. The molecule has 5 nitrogen and oxygen atoms in total. The summed E-state index contributed by atoms with van der Waals surface area (Å²) in [5.74, 6) is 2.47. The van der Waals surface area contributed by atoms with E-state index in [2.05, 4.69) is 167 Å². The van der Waals surface area contributed by atoms with Crippen molar-refractivity contribution in [2.24, 2.45) is 0 Å². The van der Waals surface area contributed by atoms with Gasteiger partial charge in [0.25, 0.3) is 0 Å². The Morgan fingerprint density at radius 2 is 1.31 bits per heavy atom. The molecule has 4 heterocycles. The maximum atomic E-state index is 6.31. The lowest BCUT2D eigenvalue weighted by Crippen LogP contribution is -2.10. The zero-order valence-electron chi connectivity index (χ0n) is 31.9. The molecule has 1 aliphatic carbocycles. The van der Waals surface area contributed by atoms with E-state index in [1.165, 1.54) is 60.2 Å². The van der Waals surface area contributed by atoms with E-state index >= 15 is 0 Å². The van der Waals surface area contributed by atoms with Crippen LogP contribution in [-0.4, -0.2) is 19.1 Å². The monoisotopic (exact) mass is 754 g/mol. The molecule has 0 bridgehead atoms. The van der Waals surface area contributed by atoms with Crippen LogP contribution < -0.4 is 4.74 Å². The SMILES string of the molecule is C1=CC(c2ccc3c(c2)c2ccc4ccccc4c2n3-c2ccc(-c3ccccc3)cc2)Cc2c1n(-c1nc3c4c(cccc4n1)Oc1ccccc1-3)c1ccccc21. The Hall–Kier alpha value is -7.76. The second kappa shape index (κ2) is 12.4. The number of aromatic nitrogens is 4. The van der Waals surface area contributed by atoms with Crippen LogP contribution in [-0.2, 0) is 6.42 Å². The molecule has 0 radical (unpaired) electrons. The lowest BCUT2D eigenvalue weighted by molar-refractivity contribution is 0.486. The van der Waals surface area contributed by atoms with Crippen molar-refractivity contribution < 1.29 is 4.74 Å². The Morgan fingerprint density at radius 1 is 0.542 bits per heavy atom. The molecule has 13 rings (SSSR count). The lowest BCUT2D eigenvalue weighted by atomic mass is 9.86. The summed E-state index contributed by atoms with van der Waals surface area (Å²) in [5, 5.41) is 7.19. The first-order valence-electron chi connectivity index (χ1n) is 20.3. The van der Waals surface area contributed by atoms with Crippen LogP contribution in [0.25, 0.3) is 94.5 Å². The van der Waals surface area contributed by atoms with E-state index in [1.54, 1.807) is 0 Å². The van der Waals surface area contributed by atoms with Crippen molar-refractivity contribution in [1.29, 1.82) is 0 Å². The van der Waals surface area contributed by atoms with Gasteiger partial charge in [-0.3, -0.25) is 4.57 Å². The Labute approximate surface area is 339 Å². The number of hydrogen-bond donors (Lipinski definition) is 0. The van der Waals surface area contributed by atoms with Crippen LogP contribution in [0.3, 0.4) is 0 Å². The van der Waals surface area contributed by atoms with Crippen LogP contribution >= 0.6 is 0 Å². The molecule has 0 fully saturated rings. The lowest BCUT2D eigenvalue weighted by Gasteiger charge is -2.22. The number of allylic oxidation sites excluding steroid dienone is 1. The first-order chi connectivity index (χ1) is 29.2. The molecule has 2 aliphatic rings. The van der Waals surface area contributed by atoms with Gasteiger partial charge in [0.2, 0.25) is 5.95 Å². The predicted molar refractivity (Wildman–Crippen MR) is 241 cm³/mol. The summed E-state index contributed by atoms with van der Waals surface area (Å²) in [6, 6.07) is 63.0. The number of hydrogen-bond acceptors (Lipinski definition) is 3. The maximum Gasteiger partial charge on any atom is 0.235 e. The summed E-state index contributed by atoms with van der Waals surface area (Å²) in [6.45, 7) is 0. The van der Waals surface area contributed by atoms with Gasteiger partial charge in [0.15, 0.2) is 0 Å². The number of nitrogens with zero attached hydrogens (tertiary/aromatic N) is 4. The third-order valence-electron chi connectivity index (χ3n) is 12.5. The van der Waals surface area contributed by atoms with E-state index in [0.717, 1.165) is 57.0 Å². The summed E-state index contributed by atoms with van der Waals surface area (Å²) in [5.41, 5.74) is 13.6. The molecule has 11 aromatic rings. The van der Waals surface area contributed by atoms with E-state index in [9.17, 15) is 0 Å². The first kappa shape index (κ1) is 32.3. The van der Waals surface area contributed by atoms with Gasteiger partial charge in [-0.15, -0.1) is 0 Å². The van der Waals surface area contributed by atoms with Gasteiger partial charge in [0.05, 0.1) is 38.8 Å².